The average molecular weight is 142 g/mol. The summed E-state index contributed by atoms with van der Waals surface area (Å²) in [6.45, 7) is 1.81. The van der Waals surface area contributed by atoms with Crippen LogP contribution in [0, 0.1) is 6.42 Å². The van der Waals surface area contributed by atoms with E-state index in [2.05, 4.69) is 0 Å². The lowest BCUT2D eigenvalue weighted by Gasteiger charge is -1.84. The van der Waals surface area contributed by atoms with Crippen LogP contribution in [0.2, 0.25) is 0 Å². The molecule has 0 heterocycles. The topological polar surface area (TPSA) is 0 Å². The zero-order valence-corrected chi connectivity index (χ0v) is 4.42. The smallest absolute Gasteiger partial charge is 0.105 e. The van der Waals surface area contributed by atoms with E-state index < -0.39 is 0 Å². The minimum Gasteiger partial charge on any atom is -0.105 e. The van der Waals surface area contributed by atoms with Gasteiger partial charge in [0.25, 0.3) is 0 Å². The van der Waals surface area contributed by atoms with Crippen LogP contribution in [0.3, 0.4) is 0 Å². The first kappa shape index (κ1) is 10.2. The summed E-state index contributed by atoms with van der Waals surface area (Å²) in [5.74, 6) is 0. The highest BCUT2D eigenvalue weighted by atomic mass is 35.5. The second-order valence-electron chi connectivity index (χ2n) is 0.668. The van der Waals surface area contributed by atoms with Crippen molar-refractivity contribution >= 4 is 40.6 Å². The molecule has 0 aliphatic carbocycles. The summed E-state index contributed by atoms with van der Waals surface area (Å²) in [7, 11) is 0. The Kier molecular flexibility index (Phi) is 10.4. The molecule has 0 atom stereocenters. The zero-order valence-electron chi connectivity index (χ0n) is 2.91. The van der Waals surface area contributed by atoms with E-state index in [4.69, 9.17) is 23.2 Å². The molecule has 0 amide bonds. The van der Waals surface area contributed by atoms with Crippen LogP contribution >= 0.6 is 23.2 Å². The van der Waals surface area contributed by atoms with Crippen LogP contribution in [0.15, 0.2) is 0 Å². The fourth-order valence-corrected chi connectivity index (χ4v) is 0. The maximum Gasteiger partial charge on any atom is 0.187 e. The van der Waals surface area contributed by atoms with E-state index in [0.717, 1.165) is 0 Å². The minimum atomic E-state index is -0.296. The van der Waals surface area contributed by atoms with Gasteiger partial charge in [0.1, 0.15) is 4.84 Å². The molecule has 0 bridgehead atoms. The number of alkyl halides is 2. The van der Waals surface area contributed by atoms with Crippen molar-refractivity contribution in [2.75, 3.05) is 0 Å². The maximum absolute atomic E-state index is 5.17. The molecule has 1 radical (unpaired) electrons. The Hall–Kier alpha value is 1.11. The standard InChI is InChI=1S/C3H5Cl2.Al.3H/c1-2-3(4)5;;;;/h2-3H,1H3;;;;. The molecular formula is C3H8AlCl2. The van der Waals surface area contributed by atoms with E-state index in [1.165, 1.54) is 0 Å². The molecule has 0 fully saturated rings. The first-order chi connectivity index (χ1) is 2.27. The lowest BCUT2D eigenvalue weighted by Crippen LogP contribution is -1.77. The van der Waals surface area contributed by atoms with E-state index in [9.17, 15) is 0 Å². The monoisotopic (exact) mass is 141 g/mol. The van der Waals surface area contributed by atoms with Gasteiger partial charge in [-0.1, -0.05) is 6.92 Å². The summed E-state index contributed by atoms with van der Waals surface area (Å²) in [4.78, 5) is -0.296. The molecule has 0 aliphatic rings. The lowest BCUT2D eigenvalue weighted by atomic mass is 10.6. The van der Waals surface area contributed by atoms with Crippen LogP contribution in [0.25, 0.3) is 0 Å². The van der Waals surface area contributed by atoms with Crippen molar-refractivity contribution in [2.24, 2.45) is 0 Å². The highest BCUT2D eigenvalue weighted by molar-refractivity contribution is 6.45. The summed E-state index contributed by atoms with van der Waals surface area (Å²) in [5.41, 5.74) is 0. The SMILES string of the molecule is C[CH]C(Cl)Cl.[AlH3]. The number of hydrogen-bond donors (Lipinski definition) is 0. The van der Waals surface area contributed by atoms with Gasteiger partial charge in [-0.05, 0) is 6.42 Å². The second-order valence-corrected chi connectivity index (χ2v) is 1.83. The van der Waals surface area contributed by atoms with E-state index in [-0.39, 0.29) is 22.2 Å². The number of rotatable bonds is 1. The van der Waals surface area contributed by atoms with Crippen LogP contribution in [-0.4, -0.2) is 22.2 Å². The lowest BCUT2D eigenvalue weighted by molar-refractivity contribution is 1.34. The van der Waals surface area contributed by atoms with E-state index in [0.29, 0.717) is 0 Å². The molecule has 0 aromatic heterocycles. The van der Waals surface area contributed by atoms with Crippen molar-refractivity contribution in [1.82, 2.24) is 0 Å². The van der Waals surface area contributed by atoms with Crippen molar-refractivity contribution in [1.29, 1.82) is 0 Å². The first-order valence-corrected chi connectivity index (χ1v) is 2.22. The molecule has 0 unspecified atom stereocenters. The van der Waals surface area contributed by atoms with Crippen LogP contribution in [0.5, 0.6) is 0 Å². The van der Waals surface area contributed by atoms with Crippen LogP contribution < -0.4 is 0 Å². The molecule has 0 aromatic carbocycles. The Morgan fingerprint density at radius 1 is 1.50 bits per heavy atom. The van der Waals surface area contributed by atoms with Gasteiger partial charge in [0.15, 0.2) is 17.4 Å². The summed E-state index contributed by atoms with van der Waals surface area (Å²) >= 11 is 10.3. The van der Waals surface area contributed by atoms with Gasteiger partial charge >= 0.3 is 0 Å². The first-order valence-electron chi connectivity index (χ1n) is 1.35. The Labute approximate surface area is 58.9 Å². The molecule has 0 nitrogen and oxygen atoms in total. The summed E-state index contributed by atoms with van der Waals surface area (Å²) < 4.78 is 0. The number of halogens is 2. The maximum atomic E-state index is 5.17. The van der Waals surface area contributed by atoms with Crippen LogP contribution in [-0.2, 0) is 0 Å². The molecule has 37 valence electrons. The second kappa shape index (κ2) is 6.11. The normalized spacial score (nSPS) is 8.00. The molecule has 0 aromatic rings. The van der Waals surface area contributed by atoms with Crippen LogP contribution in [0.1, 0.15) is 6.92 Å². The van der Waals surface area contributed by atoms with Gasteiger partial charge in [0.2, 0.25) is 0 Å². The minimum absolute atomic E-state index is 0. The Bertz CT molecular complexity index is 22.8. The predicted octanol–water partition coefficient (Wildman–Crippen LogP) is 0.830. The van der Waals surface area contributed by atoms with Crippen molar-refractivity contribution in [3.8, 4) is 0 Å². The van der Waals surface area contributed by atoms with Crippen molar-refractivity contribution in [3.63, 3.8) is 0 Å². The highest BCUT2D eigenvalue weighted by Crippen LogP contribution is 2.02. The summed E-state index contributed by atoms with van der Waals surface area (Å²) in [6.07, 6.45) is 1.70. The summed E-state index contributed by atoms with van der Waals surface area (Å²) in [6, 6.07) is 0. The van der Waals surface area contributed by atoms with Gasteiger partial charge in [-0.3, -0.25) is 0 Å². The third-order valence-electron chi connectivity index (χ3n) is 0.252. The van der Waals surface area contributed by atoms with Crippen molar-refractivity contribution < 1.29 is 0 Å². The van der Waals surface area contributed by atoms with E-state index in [1.807, 2.05) is 6.92 Å². The van der Waals surface area contributed by atoms with Crippen LogP contribution in [0.4, 0.5) is 0 Å². The van der Waals surface area contributed by atoms with E-state index in [1.54, 1.807) is 6.42 Å². The molecule has 0 N–H and O–H groups in total. The van der Waals surface area contributed by atoms with Gasteiger partial charge in [-0.15, -0.1) is 23.2 Å². The molecule has 0 saturated heterocycles. The Morgan fingerprint density at radius 2 is 1.67 bits per heavy atom. The predicted molar refractivity (Wildman–Crippen MR) is 35.4 cm³/mol. The quantitative estimate of drug-likeness (QED) is 0.375. The van der Waals surface area contributed by atoms with Gasteiger partial charge < -0.3 is 0 Å². The molecule has 0 rings (SSSR count). The fraction of sp³-hybridized carbons (Fsp3) is 0.667. The Balaban J connectivity index is 0. The molecule has 0 spiro atoms. The fourth-order valence-electron chi connectivity index (χ4n) is 0. The molecule has 3 heteroatoms. The third-order valence-corrected chi connectivity index (χ3v) is 0.756. The molecular weight excluding hydrogens is 134 g/mol. The molecule has 0 aliphatic heterocycles. The highest BCUT2D eigenvalue weighted by Gasteiger charge is 1.87. The molecule has 0 saturated carbocycles. The number of hydrogen-bond acceptors (Lipinski definition) is 0. The molecule has 6 heavy (non-hydrogen) atoms. The van der Waals surface area contributed by atoms with E-state index >= 15 is 0 Å². The van der Waals surface area contributed by atoms with Gasteiger partial charge in [-0.2, -0.15) is 0 Å². The zero-order chi connectivity index (χ0) is 4.28. The Morgan fingerprint density at radius 3 is 1.67 bits per heavy atom. The third kappa shape index (κ3) is 8.93. The van der Waals surface area contributed by atoms with Gasteiger partial charge in [-0.25, -0.2) is 0 Å². The largest absolute Gasteiger partial charge is 0.187 e. The van der Waals surface area contributed by atoms with Gasteiger partial charge in [0, 0.05) is 0 Å². The van der Waals surface area contributed by atoms with Crippen molar-refractivity contribution in [3.05, 3.63) is 6.42 Å². The summed E-state index contributed by atoms with van der Waals surface area (Å²) in [5, 5.41) is 0. The average Bonchev–Trinajstić information content (AvgIpc) is 1.38. The van der Waals surface area contributed by atoms with Gasteiger partial charge in [0.05, 0.1) is 0 Å². The van der Waals surface area contributed by atoms with Crippen molar-refractivity contribution in [2.45, 2.75) is 11.8 Å².